The molecule has 0 spiro atoms. The van der Waals surface area contributed by atoms with Gasteiger partial charge in [0.2, 0.25) is 0 Å². The van der Waals surface area contributed by atoms with Gasteiger partial charge in [-0.15, -0.1) is 0 Å². The number of primary amides is 1. The highest BCUT2D eigenvalue weighted by molar-refractivity contribution is 6.31. The van der Waals surface area contributed by atoms with E-state index in [4.69, 9.17) is 22.1 Å². The Labute approximate surface area is 137 Å². The summed E-state index contributed by atoms with van der Waals surface area (Å²) in [7, 11) is 0. The lowest BCUT2D eigenvalue weighted by Gasteiger charge is -2.16. The van der Waals surface area contributed by atoms with Crippen molar-refractivity contribution in [1.29, 1.82) is 0 Å². The summed E-state index contributed by atoms with van der Waals surface area (Å²) in [6, 6.07) is 10.2. The maximum atomic E-state index is 13.1. The molecule has 2 aromatic carbocycles. The molecule has 2 amide bonds. The van der Waals surface area contributed by atoms with Gasteiger partial charge in [0.15, 0.2) is 6.10 Å². The smallest absolute Gasteiger partial charge is 0.265 e. The summed E-state index contributed by atoms with van der Waals surface area (Å²) in [4.78, 5) is 23.4. The molecule has 7 heteroatoms. The molecule has 0 aliphatic rings. The van der Waals surface area contributed by atoms with Crippen molar-refractivity contribution in [2.45, 2.75) is 13.0 Å². The van der Waals surface area contributed by atoms with Gasteiger partial charge in [0.25, 0.3) is 11.8 Å². The fourth-order valence-corrected chi connectivity index (χ4v) is 2.02. The molecular weight excluding hydrogens is 323 g/mol. The van der Waals surface area contributed by atoms with Crippen molar-refractivity contribution in [2.75, 3.05) is 5.32 Å². The van der Waals surface area contributed by atoms with E-state index in [0.29, 0.717) is 5.69 Å². The van der Waals surface area contributed by atoms with E-state index < -0.39 is 23.7 Å². The summed E-state index contributed by atoms with van der Waals surface area (Å²) in [5, 5.41) is 2.45. The first-order chi connectivity index (χ1) is 10.9. The normalized spacial score (nSPS) is 11.6. The Morgan fingerprint density at radius 2 is 1.96 bits per heavy atom. The molecule has 0 fully saturated rings. The van der Waals surface area contributed by atoms with Crippen molar-refractivity contribution in [1.82, 2.24) is 0 Å². The molecule has 2 aromatic rings. The van der Waals surface area contributed by atoms with Gasteiger partial charge in [-0.25, -0.2) is 4.39 Å². The van der Waals surface area contributed by atoms with Gasteiger partial charge in [-0.3, -0.25) is 9.59 Å². The zero-order valence-corrected chi connectivity index (χ0v) is 12.9. The third-order valence-corrected chi connectivity index (χ3v) is 3.30. The lowest BCUT2D eigenvalue weighted by Crippen LogP contribution is -2.31. The Balaban J connectivity index is 2.08. The lowest BCUT2D eigenvalue weighted by atomic mass is 10.2. The molecule has 0 radical (unpaired) electrons. The van der Waals surface area contributed by atoms with Gasteiger partial charge in [-0.2, -0.15) is 0 Å². The van der Waals surface area contributed by atoms with Crippen molar-refractivity contribution >= 4 is 29.1 Å². The van der Waals surface area contributed by atoms with Gasteiger partial charge in [-0.05, 0) is 37.3 Å². The Morgan fingerprint density at radius 3 is 2.61 bits per heavy atom. The second kappa shape index (κ2) is 7.11. The van der Waals surface area contributed by atoms with E-state index in [1.165, 1.54) is 25.1 Å². The van der Waals surface area contributed by atoms with Crippen LogP contribution in [-0.2, 0) is 4.79 Å². The average molecular weight is 337 g/mol. The first kappa shape index (κ1) is 16.8. The van der Waals surface area contributed by atoms with Crippen molar-refractivity contribution in [3.63, 3.8) is 0 Å². The summed E-state index contributed by atoms with van der Waals surface area (Å²) >= 11 is 5.65. The van der Waals surface area contributed by atoms with Gasteiger partial charge in [0.05, 0.1) is 10.6 Å². The quantitative estimate of drug-likeness (QED) is 0.880. The number of ether oxygens (including phenoxy) is 1. The molecule has 0 saturated heterocycles. The average Bonchev–Trinajstić information content (AvgIpc) is 2.51. The highest BCUT2D eigenvalue weighted by Crippen LogP contribution is 2.21. The van der Waals surface area contributed by atoms with Crippen LogP contribution in [0.15, 0.2) is 42.5 Å². The van der Waals surface area contributed by atoms with E-state index in [-0.39, 0.29) is 16.3 Å². The first-order valence-electron chi connectivity index (χ1n) is 6.70. The number of halogens is 2. The third kappa shape index (κ3) is 4.20. The molecule has 0 aromatic heterocycles. The SMILES string of the molecule is C[C@H](Oc1ccccc1C(N)=O)C(=O)Nc1ccc(F)c(Cl)c1. The molecule has 120 valence electrons. The molecule has 0 aliphatic carbocycles. The van der Waals surface area contributed by atoms with E-state index in [1.54, 1.807) is 18.2 Å². The predicted molar refractivity (Wildman–Crippen MR) is 85.1 cm³/mol. The van der Waals surface area contributed by atoms with Gasteiger partial charge >= 0.3 is 0 Å². The molecule has 3 N–H and O–H groups in total. The maximum absolute atomic E-state index is 13.1. The number of benzene rings is 2. The Hall–Kier alpha value is -2.60. The highest BCUT2D eigenvalue weighted by Gasteiger charge is 2.18. The minimum atomic E-state index is -0.903. The molecule has 2 rings (SSSR count). The van der Waals surface area contributed by atoms with Crippen LogP contribution in [0.3, 0.4) is 0 Å². The number of hydrogen-bond donors (Lipinski definition) is 2. The maximum Gasteiger partial charge on any atom is 0.265 e. The van der Waals surface area contributed by atoms with E-state index in [0.717, 1.165) is 6.07 Å². The van der Waals surface area contributed by atoms with Crippen LogP contribution in [0.1, 0.15) is 17.3 Å². The highest BCUT2D eigenvalue weighted by atomic mass is 35.5. The molecule has 23 heavy (non-hydrogen) atoms. The van der Waals surface area contributed by atoms with Gasteiger partial charge in [0.1, 0.15) is 11.6 Å². The fourth-order valence-electron chi connectivity index (χ4n) is 1.83. The minimum Gasteiger partial charge on any atom is -0.480 e. The van der Waals surface area contributed by atoms with Crippen LogP contribution in [0.25, 0.3) is 0 Å². The van der Waals surface area contributed by atoms with E-state index in [9.17, 15) is 14.0 Å². The van der Waals surface area contributed by atoms with Crippen LogP contribution in [0.4, 0.5) is 10.1 Å². The predicted octanol–water partition coefficient (Wildman–Crippen LogP) is 2.98. The van der Waals surface area contributed by atoms with Crippen molar-refractivity contribution < 1.29 is 18.7 Å². The summed E-state index contributed by atoms with van der Waals surface area (Å²) in [6.07, 6.45) is -0.903. The summed E-state index contributed by atoms with van der Waals surface area (Å²) in [5.41, 5.74) is 5.76. The molecule has 1 atom stereocenters. The molecular formula is C16H14ClFN2O3. The van der Waals surface area contributed by atoms with Crippen LogP contribution < -0.4 is 15.8 Å². The van der Waals surface area contributed by atoms with Crippen LogP contribution in [0, 0.1) is 5.82 Å². The van der Waals surface area contributed by atoms with E-state index >= 15 is 0 Å². The molecule has 5 nitrogen and oxygen atoms in total. The van der Waals surface area contributed by atoms with Crippen LogP contribution in [-0.4, -0.2) is 17.9 Å². The van der Waals surface area contributed by atoms with Gasteiger partial charge in [-0.1, -0.05) is 23.7 Å². The number of nitrogens with two attached hydrogens (primary N) is 1. The third-order valence-electron chi connectivity index (χ3n) is 3.01. The molecule has 0 unspecified atom stereocenters. The molecule has 0 aliphatic heterocycles. The minimum absolute atomic E-state index is 0.101. The van der Waals surface area contributed by atoms with Crippen LogP contribution in [0.5, 0.6) is 5.75 Å². The number of amides is 2. The Bertz CT molecular complexity index is 752. The van der Waals surface area contributed by atoms with Crippen molar-refractivity contribution in [3.05, 3.63) is 58.9 Å². The monoisotopic (exact) mass is 336 g/mol. The summed E-state index contributed by atoms with van der Waals surface area (Å²) < 4.78 is 18.6. The van der Waals surface area contributed by atoms with E-state index in [1.807, 2.05) is 0 Å². The lowest BCUT2D eigenvalue weighted by molar-refractivity contribution is -0.122. The largest absolute Gasteiger partial charge is 0.480 e. The molecule has 0 saturated carbocycles. The molecule has 0 heterocycles. The Morgan fingerprint density at radius 1 is 1.26 bits per heavy atom. The van der Waals surface area contributed by atoms with Crippen LogP contribution >= 0.6 is 11.6 Å². The first-order valence-corrected chi connectivity index (χ1v) is 7.07. The number of rotatable bonds is 5. The number of nitrogens with one attached hydrogen (secondary N) is 1. The van der Waals surface area contributed by atoms with Crippen LogP contribution in [0.2, 0.25) is 5.02 Å². The zero-order chi connectivity index (χ0) is 17.0. The standard InChI is InChI=1S/C16H14ClFN2O3/c1-9(23-14-5-3-2-4-11(14)15(19)21)16(22)20-10-6-7-13(18)12(17)8-10/h2-9H,1H3,(H2,19,21)(H,20,22)/t9-/m0/s1. The number of para-hydroxylation sites is 1. The number of anilines is 1. The van der Waals surface area contributed by atoms with E-state index in [2.05, 4.69) is 5.32 Å². The van der Waals surface area contributed by atoms with Gasteiger partial charge in [0, 0.05) is 5.69 Å². The number of carbonyl (C=O) groups is 2. The topological polar surface area (TPSA) is 81.4 Å². The second-order valence-corrected chi connectivity index (χ2v) is 5.15. The second-order valence-electron chi connectivity index (χ2n) is 4.74. The zero-order valence-electron chi connectivity index (χ0n) is 12.2. The summed E-state index contributed by atoms with van der Waals surface area (Å²) in [6.45, 7) is 1.51. The number of hydrogen-bond acceptors (Lipinski definition) is 3. The number of carbonyl (C=O) groups excluding carboxylic acids is 2. The van der Waals surface area contributed by atoms with Crippen molar-refractivity contribution in [3.8, 4) is 5.75 Å². The van der Waals surface area contributed by atoms with Crippen molar-refractivity contribution in [2.24, 2.45) is 5.73 Å². The summed E-state index contributed by atoms with van der Waals surface area (Å²) in [5.74, 6) is -1.50. The molecule has 0 bridgehead atoms. The Kier molecular flexibility index (Phi) is 5.18. The van der Waals surface area contributed by atoms with Gasteiger partial charge < -0.3 is 15.8 Å². The fraction of sp³-hybridized carbons (Fsp3) is 0.125.